The summed E-state index contributed by atoms with van der Waals surface area (Å²) in [5.41, 5.74) is 2.88. The van der Waals surface area contributed by atoms with Crippen molar-refractivity contribution >= 4 is 27.5 Å². The van der Waals surface area contributed by atoms with Crippen molar-refractivity contribution in [2.75, 3.05) is 6.61 Å². The van der Waals surface area contributed by atoms with Crippen LogP contribution in [0, 0.1) is 13.8 Å². The molecule has 0 saturated carbocycles. The molecule has 2 aromatic heterocycles. The van der Waals surface area contributed by atoms with Crippen LogP contribution in [0.2, 0.25) is 0 Å². The minimum absolute atomic E-state index is 0.335. The number of aromatic nitrogens is 2. The molecule has 0 bridgehead atoms. The van der Waals surface area contributed by atoms with Crippen molar-refractivity contribution in [1.29, 1.82) is 0 Å². The van der Waals surface area contributed by atoms with Gasteiger partial charge in [0.15, 0.2) is 5.69 Å². The summed E-state index contributed by atoms with van der Waals surface area (Å²) in [4.78, 5) is 16.3. The maximum atomic E-state index is 11.9. The Morgan fingerprint density at radius 2 is 2.18 bits per heavy atom. The molecule has 2 heterocycles. The number of aryl methyl sites for hydroxylation is 2. The zero-order valence-electron chi connectivity index (χ0n) is 9.95. The molecule has 17 heavy (non-hydrogen) atoms. The lowest BCUT2D eigenvalue weighted by atomic mass is 10.3. The summed E-state index contributed by atoms with van der Waals surface area (Å²) >= 11 is 3.45. The Hall–Kier alpha value is -1.36. The highest BCUT2D eigenvalue weighted by atomic mass is 79.9. The van der Waals surface area contributed by atoms with E-state index in [4.69, 9.17) is 4.74 Å². The average Bonchev–Trinajstić information content (AvgIpc) is 2.61. The number of fused-ring (bicyclic) bond motifs is 1. The maximum Gasteiger partial charge on any atom is 0.357 e. The van der Waals surface area contributed by atoms with Crippen LogP contribution in [0.1, 0.15) is 28.8 Å². The maximum absolute atomic E-state index is 11.9. The zero-order chi connectivity index (χ0) is 12.6. The number of carbonyl (C=O) groups excluding carboxylic acids is 1. The van der Waals surface area contributed by atoms with Crippen molar-refractivity contribution in [2.24, 2.45) is 0 Å². The minimum atomic E-state index is -0.335. The highest BCUT2D eigenvalue weighted by Crippen LogP contribution is 2.22. The molecule has 0 aliphatic carbocycles. The van der Waals surface area contributed by atoms with Crippen molar-refractivity contribution in [3.8, 4) is 0 Å². The number of imidazole rings is 1. The monoisotopic (exact) mass is 296 g/mol. The molecule has 0 radical (unpaired) electrons. The Kier molecular flexibility index (Phi) is 3.19. The molecule has 2 aromatic rings. The van der Waals surface area contributed by atoms with E-state index in [0.717, 1.165) is 15.8 Å². The van der Waals surface area contributed by atoms with Crippen LogP contribution in [0.3, 0.4) is 0 Å². The number of hydrogen-bond donors (Lipinski definition) is 0. The number of pyridine rings is 1. The summed E-state index contributed by atoms with van der Waals surface area (Å²) < 4.78 is 7.81. The van der Waals surface area contributed by atoms with Gasteiger partial charge in [0.25, 0.3) is 0 Å². The molecule has 0 amide bonds. The largest absolute Gasteiger partial charge is 0.461 e. The fraction of sp³-hybridized carbons (Fsp3) is 0.333. The molecular weight excluding hydrogens is 284 g/mol. The molecule has 5 heteroatoms. The standard InChI is InChI=1S/C12H13BrN2O2/c1-4-17-12(16)11-7(2)14-10-6-5-9(13)8(3)15(10)11/h5-6H,4H2,1-3H3. The quantitative estimate of drug-likeness (QED) is 0.801. The Morgan fingerprint density at radius 1 is 1.47 bits per heavy atom. The molecular formula is C12H13BrN2O2. The molecule has 0 atom stereocenters. The predicted molar refractivity (Wildman–Crippen MR) is 68.3 cm³/mol. The number of rotatable bonds is 2. The molecule has 0 saturated heterocycles. The second-order valence-corrected chi connectivity index (χ2v) is 4.58. The number of esters is 1. The molecule has 0 unspecified atom stereocenters. The van der Waals surface area contributed by atoms with Gasteiger partial charge in [-0.05, 0) is 48.8 Å². The fourth-order valence-corrected chi connectivity index (χ4v) is 2.13. The first-order chi connectivity index (χ1) is 8.06. The molecule has 0 aliphatic heterocycles. The van der Waals surface area contributed by atoms with E-state index in [0.29, 0.717) is 18.0 Å². The molecule has 0 fully saturated rings. The second-order valence-electron chi connectivity index (χ2n) is 3.73. The summed E-state index contributed by atoms with van der Waals surface area (Å²) in [6.07, 6.45) is 0. The third kappa shape index (κ3) is 1.95. The van der Waals surface area contributed by atoms with Crippen LogP contribution in [0.15, 0.2) is 16.6 Å². The van der Waals surface area contributed by atoms with E-state index in [1.807, 2.05) is 30.4 Å². The van der Waals surface area contributed by atoms with Crippen molar-refractivity contribution in [3.05, 3.63) is 33.7 Å². The summed E-state index contributed by atoms with van der Waals surface area (Å²) in [5, 5.41) is 0. The van der Waals surface area contributed by atoms with Crippen molar-refractivity contribution in [3.63, 3.8) is 0 Å². The lowest BCUT2D eigenvalue weighted by Gasteiger charge is -2.07. The summed E-state index contributed by atoms with van der Waals surface area (Å²) in [6, 6.07) is 3.79. The van der Waals surface area contributed by atoms with Crippen LogP contribution in [0.4, 0.5) is 0 Å². The Bertz CT molecular complexity index is 590. The summed E-state index contributed by atoms with van der Waals surface area (Å²) in [6.45, 7) is 5.89. The van der Waals surface area contributed by atoms with E-state index in [9.17, 15) is 4.79 Å². The number of hydrogen-bond acceptors (Lipinski definition) is 3. The summed E-state index contributed by atoms with van der Waals surface area (Å²) in [5.74, 6) is -0.335. The zero-order valence-corrected chi connectivity index (χ0v) is 11.5. The van der Waals surface area contributed by atoms with Crippen LogP contribution in [0.25, 0.3) is 5.65 Å². The number of carbonyl (C=O) groups is 1. The van der Waals surface area contributed by atoms with E-state index in [1.165, 1.54) is 0 Å². The molecule has 2 rings (SSSR count). The van der Waals surface area contributed by atoms with Gasteiger partial charge in [0, 0.05) is 10.2 Å². The van der Waals surface area contributed by atoms with E-state index in [1.54, 1.807) is 6.92 Å². The third-order valence-corrected chi connectivity index (χ3v) is 3.44. The van der Waals surface area contributed by atoms with Gasteiger partial charge in [-0.25, -0.2) is 9.78 Å². The van der Waals surface area contributed by atoms with Gasteiger partial charge in [-0.1, -0.05) is 0 Å². The summed E-state index contributed by atoms with van der Waals surface area (Å²) in [7, 11) is 0. The highest BCUT2D eigenvalue weighted by molar-refractivity contribution is 9.10. The highest BCUT2D eigenvalue weighted by Gasteiger charge is 2.19. The van der Waals surface area contributed by atoms with Gasteiger partial charge in [-0.15, -0.1) is 0 Å². The van der Waals surface area contributed by atoms with Crippen molar-refractivity contribution in [1.82, 2.24) is 9.38 Å². The van der Waals surface area contributed by atoms with E-state index in [2.05, 4.69) is 20.9 Å². The molecule has 0 aliphatic rings. The number of ether oxygens (including phenoxy) is 1. The SMILES string of the molecule is CCOC(=O)c1c(C)nc2ccc(Br)c(C)n12. The predicted octanol–water partition coefficient (Wildman–Crippen LogP) is 2.89. The lowest BCUT2D eigenvalue weighted by molar-refractivity contribution is 0.0517. The van der Waals surface area contributed by atoms with Crippen LogP contribution in [-0.4, -0.2) is 22.0 Å². The smallest absolute Gasteiger partial charge is 0.357 e. The van der Waals surface area contributed by atoms with Gasteiger partial charge >= 0.3 is 5.97 Å². The first kappa shape index (κ1) is 12.1. The van der Waals surface area contributed by atoms with Gasteiger partial charge < -0.3 is 4.74 Å². The van der Waals surface area contributed by atoms with Gasteiger partial charge in [-0.2, -0.15) is 0 Å². The number of halogens is 1. The lowest BCUT2D eigenvalue weighted by Crippen LogP contribution is -2.11. The Balaban J connectivity index is 2.73. The fourth-order valence-electron chi connectivity index (χ4n) is 1.82. The van der Waals surface area contributed by atoms with Crippen LogP contribution >= 0.6 is 15.9 Å². The molecule has 0 spiro atoms. The normalized spacial score (nSPS) is 10.8. The van der Waals surface area contributed by atoms with Crippen LogP contribution in [0.5, 0.6) is 0 Å². The topological polar surface area (TPSA) is 43.6 Å². The van der Waals surface area contributed by atoms with Crippen LogP contribution < -0.4 is 0 Å². The molecule has 90 valence electrons. The van der Waals surface area contributed by atoms with Gasteiger partial charge in [0.1, 0.15) is 5.65 Å². The Morgan fingerprint density at radius 3 is 2.82 bits per heavy atom. The second kappa shape index (κ2) is 4.49. The minimum Gasteiger partial charge on any atom is -0.461 e. The first-order valence-electron chi connectivity index (χ1n) is 5.37. The van der Waals surface area contributed by atoms with Gasteiger partial charge in [0.05, 0.1) is 12.3 Å². The number of nitrogens with zero attached hydrogens (tertiary/aromatic N) is 2. The van der Waals surface area contributed by atoms with Gasteiger partial charge in [0.2, 0.25) is 0 Å². The van der Waals surface area contributed by atoms with E-state index < -0.39 is 0 Å². The molecule has 4 nitrogen and oxygen atoms in total. The third-order valence-electron chi connectivity index (χ3n) is 2.61. The van der Waals surface area contributed by atoms with Gasteiger partial charge in [-0.3, -0.25) is 4.40 Å². The van der Waals surface area contributed by atoms with Crippen molar-refractivity contribution in [2.45, 2.75) is 20.8 Å². The molecule has 0 aromatic carbocycles. The first-order valence-corrected chi connectivity index (χ1v) is 6.16. The molecule has 0 N–H and O–H groups in total. The van der Waals surface area contributed by atoms with E-state index in [-0.39, 0.29) is 5.97 Å². The van der Waals surface area contributed by atoms with E-state index >= 15 is 0 Å². The average molecular weight is 297 g/mol. The van der Waals surface area contributed by atoms with Crippen molar-refractivity contribution < 1.29 is 9.53 Å². The Labute approximate surface area is 108 Å². The van der Waals surface area contributed by atoms with Crippen LogP contribution in [-0.2, 0) is 4.74 Å².